The fourth-order valence-corrected chi connectivity index (χ4v) is 2.47. The summed E-state index contributed by atoms with van der Waals surface area (Å²) in [5.41, 5.74) is 2.75. The summed E-state index contributed by atoms with van der Waals surface area (Å²) < 4.78 is 0. The molecule has 0 spiro atoms. The number of carbonyl (C=O) groups excluding carboxylic acids is 1. The zero-order valence-corrected chi connectivity index (χ0v) is 8.85. The van der Waals surface area contributed by atoms with Gasteiger partial charge in [0, 0.05) is 6.42 Å². The Morgan fingerprint density at radius 1 is 1.43 bits per heavy atom. The van der Waals surface area contributed by atoms with E-state index in [0.717, 1.165) is 12.8 Å². The first kappa shape index (κ1) is 9.66. The number of aryl methyl sites for hydroxylation is 1. The van der Waals surface area contributed by atoms with Gasteiger partial charge in [0.05, 0.1) is 0 Å². The second-order valence-electron chi connectivity index (χ2n) is 3.86. The molecule has 14 heavy (non-hydrogen) atoms. The van der Waals surface area contributed by atoms with Gasteiger partial charge in [-0.1, -0.05) is 24.3 Å². The number of rotatable bonds is 2. The molecule has 0 heterocycles. The summed E-state index contributed by atoms with van der Waals surface area (Å²) in [6.07, 6.45) is 3.98. The van der Waals surface area contributed by atoms with Crippen LogP contribution in [0.4, 0.5) is 0 Å². The van der Waals surface area contributed by atoms with Crippen molar-refractivity contribution < 1.29 is 4.79 Å². The lowest BCUT2D eigenvalue weighted by atomic mass is 9.81. The third-order valence-corrected chi connectivity index (χ3v) is 3.07. The van der Waals surface area contributed by atoms with E-state index >= 15 is 0 Å². The van der Waals surface area contributed by atoms with Gasteiger partial charge in [-0.15, -0.1) is 0 Å². The first-order valence-electron chi connectivity index (χ1n) is 5.05. The van der Waals surface area contributed by atoms with E-state index in [1.165, 1.54) is 17.5 Å². The summed E-state index contributed by atoms with van der Waals surface area (Å²) in [5, 5.41) is -0.105. The number of carbonyl (C=O) groups is 1. The van der Waals surface area contributed by atoms with Gasteiger partial charge in [-0.3, -0.25) is 4.79 Å². The molecule has 1 atom stereocenters. The van der Waals surface area contributed by atoms with Gasteiger partial charge in [0.1, 0.15) is 0 Å². The molecule has 1 unspecified atom stereocenters. The molecule has 1 nitrogen and oxygen atoms in total. The lowest BCUT2D eigenvalue weighted by Gasteiger charge is -2.24. The minimum absolute atomic E-state index is 0.105. The lowest BCUT2D eigenvalue weighted by molar-refractivity contribution is -0.111. The summed E-state index contributed by atoms with van der Waals surface area (Å²) in [7, 11) is 0. The van der Waals surface area contributed by atoms with E-state index in [1.807, 2.05) is 6.07 Å². The van der Waals surface area contributed by atoms with Crippen molar-refractivity contribution in [3.63, 3.8) is 0 Å². The van der Waals surface area contributed by atoms with Crippen LogP contribution in [0.2, 0.25) is 0 Å². The highest BCUT2D eigenvalue weighted by atomic mass is 32.1. The topological polar surface area (TPSA) is 17.1 Å². The van der Waals surface area contributed by atoms with Crippen molar-refractivity contribution in [2.24, 2.45) is 0 Å². The van der Waals surface area contributed by atoms with E-state index in [9.17, 15) is 4.79 Å². The average Bonchev–Trinajstić information content (AvgIpc) is 2.18. The van der Waals surface area contributed by atoms with Gasteiger partial charge in [0.25, 0.3) is 0 Å². The van der Waals surface area contributed by atoms with Crippen molar-refractivity contribution in [2.45, 2.75) is 31.6 Å². The molecule has 0 saturated heterocycles. The Morgan fingerprint density at radius 3 is 3.00 bits per heavy atom. The summed E-state index contributed by atoms with van der Waals surface area (Å²) in [6.45, 7) is 0. The van der Waals surface area contributed by atoms with Crippen LogP contribution in [0, 0.1) is 0 Å². The molecule has 1 aromatic rings. The number of fused-ring (bicyclic) bond motifs is 1. The minimum atomic E-state index is -0.105. The Hall–Kier alpha value is -0.890. The van der Waals surface area contributed by atoms with Crippen LogP contribution in [0.1, 0.15) is 36.3 Å². The number of hydrogen-bond donors (Lipinski definition) is 0. The minimum Gasteiger partial charge on any atom is -0.282 e. The van der Waals surface area contributed by atoms with Gasteiger partial charge in [0.2, 0.25) is 5.12 Å². The van der Waals surface area contributed by atoms with E-state index in [2.05, 4.69) is 30.8 Å². The molecule has 73 valence electrons. The van der Waals surface area contributed by atoms with Crippen LogP contribution in [-0.4, -0.2) is 5.12 Å². The maximum absolute atomic E-state index is 10.9. The van der Waals surface area contributed by atoms with Crippen LogP contribution in [-0.2, 0) is 11.2 Å². The third-order valence-electron chi connectivity index (χ3n) is 2.91. The standard InChI is InChI=1S/C12H13OS/c13-12(14)8-10-6-3-5-9-4-1-2-7-11(9)10/h1-2,4,7,10H,3,5-6,8H2. The quantitative estimate of drug-likeness (QED) is 0.724. The normalized spacial score (nSPS) is 20.1. The zero-order valence-electron chi connectivity index (χ0n) is 8.03. The maximum atomic E-state index is 10.9. The Bertz CT molecular complexity index is 346. The molecule has 0 amide bonds. The largest absolute Gasteiger partial charge is 0.282 e. The molecule has 1 radical (unpaired) electrons. The molecule has 0 aromatic heterocycles. The highest BCUT2D eigenvalue weighted by Crippen LogP contribution is 2.34. The molecule has 0 fully saturated rings. The molecular weight excluding hydrogens is 192 g/mol. The molecule has 2 heteroatoms. The van der Waals surface area contributed by atoms with Crippen LogP contribution in [0.15, 0.2) is 24.3 Å². The lowest BCUT2D eigenvalue weighted by Crippen LogP contribution is -2.11. The fraction of sp³-hybridized carbons (Fsp3) is 0.417. The second-order valence-corrected chi connectivity index (χ2v) is 4.32. The summed E-state index contributed by atoms with van der Waals surface area (Å²) >= 11 is 4.65. The van der Waals surface area contributed by atoms with Crippen molar-refractivity contribution in [1.29, 1.82) is 0 Å². The molecule has 2 rings (SSSR count). The van der Waals surface area contributed by atoms with Crippen molar-refractivity contribution in [3.05, 3.63) is 35.4 Å². The molecular formula is C12H13OS. The van der Waals surface area contributed by atoms with Crippen molar-refractivity contribution in [3.8, 4) is 0 Å². The predicted molar refractivity (Wildman–Crippen MR) is 59.3 cm³/mol. The highest BCUT2D eigenvalue weighted by Gasteiger charge is 2.21. The van der Waals surface area contributed by atoms with E-state index in [4.69, 9.17) is 0 Å². The van der Waals surface area contributed by atoms with Gasteiger partial charge in [-0.2, -0.15) is 0 Å². The van der Waals surface area contributed by atoms with Crippen LogP contribution in [0.5, 0.6) is 0 Å². The Kier molecular flexibility index (Phi) is 2.82. The van der Waals surface area contributed by atoms with Crippen molar-refractivity contribution in [2.75, 3.05) is 0 Å². The van der Waals surface area contributed by atoms with E-state index in [1.54, 1.807) is 0 Å². The number of hydrogen-bond acceptors (Lipinski definition) is 1. The smallest absolute Gasteiger partial charge is 0.219 e. The van der Waals surface area contributed by atoms with E-state index in [0.29, 0.717) is 12.3 Å². The molecule has 0 bridgehead atoms. The predicted octanol–water partition coefficient (Wildman–Crippen LogP) is 3.22. The first-order valence-corrected chi connectivity index (χ1v) is 5.46. The van der Waals surface area contributed by atoms with Gasteiger partial charge < -0.3 is 0 Å². The van der Waals surface area contributed by atoms with E-state index in [-0.39, 0.29) is 5.12 Å². The summed E-state index contributed by atoms with van der Waals surface area (Å²) in [6, 6.07) is 8.41. The second kappa shape index (κ2) is 4.09. The molecule has 0 aliphatic heterocycles. The highest BCUT2D eigenvalue weighted by molar-refractivity contribution is 7.96. The van der Waals surface area contributed by atoms with Crippen molar-refractivity contribution in [1.82, 2.24) is 0 Å². The molecule has 1 aromatic carbocycles. The SMILES string of the molecule is O=C([S])CC1CCCc2ccccc21. The van der Waals surface area contributed by atoms with Crippen LogP contribution in [0.3, 0.4) is 0 Å². The summed E-state index contributed by atoms with van der Waals surface area (Å²) in [4.78, 5) is 10.9. The first-order chi connectivity index (χ1) is 6.77. The van der Waals surface area contributed by atoms with E-state index < -0.39 is 0 Å². The maximum Gasteiger partial charge on any atom is 0.219 e. The number of benzene rings is 1. The van der Waals surface area contributed by atoms with Crippen LogP contribution >= 0.6 is 12.6 Å². The Balaban J connectivity index is 2.26. The fourth-order valence-electron chi connectivity index (χ4n) is 2.27. The monoisotopic (exact) mass is 205 g/mol. The van der Waals surface area contributed by atoms with Gasteiger partial charge in [0.15, 0.2) is 0 Å². The zero-order chi connectivity index (χ0) is 9.97. The van der Waals surface area contributed by atoms with Gasteiger partial charge in [-0.25, -0.2) is 0 Å². The Morgan fingerprint density at radius 2 is 2.21 bits per heavy atom. The van der Waals surface area contributed by atoms with Crippen molar-refractivity contribution >= 4 is 17.7 Å². The average molecular weight is 205 g/mol. The van der Waals surface area contributed by atoms with Crippen LogP contribution < -0.4 is 0 Å². The van der Waals surface area contributed by atoms with Crippen LogP contribution in [0.25, 0.3) is 0 Å². The summed E-state index contributed by atoms with van der Waals surface area (Å²) in [5.74, 6) is 0.380. The molecule has 1 aliphatic rings. The molecule has 0 N–H and O–H groups in total. The third kappa shape index (κ3) is 1.95. The molecule has 0 saturated carbocycles. The van der Waals surface area contributed by atoms with Gasteiger partial charge >= 0.3 is 0 Å². The molecule has 1 aliphatic carbocycles. The Labute approximate surface area is 89.9 Å². The van der Waals surface area contributed by atoms with Gasteiger partial charge in [-0.05, 0) is 48.9 Å².